The number of aliphatic hydroxyl groups excluding tert-OH is 1. The van der Waals surface area contributed by atoms with Gasteiger partial charge in [0, 0.05) is 18.3 Å². The first kappa shape index (κ1) is 23.9. The molecule has 1 fully saturated rings. The molecule has 1 aliphatic rings. The Kier molecular flexibility index (Phi) is 6.51. The summed E-state index contributed by atoms with van der Waals surface area (Å²) in [4.78, 5) is 44.3. The SMILES string of the molecule is CCOC(=O)c1ccc(CN2C(=O)C(=O)/C(=C(\O)c3ccc4ccccc4c3)C2c2ccccn2)cc1. The van der Waals surface area contributed by atoms with Crippen LogP contribution in [-0.2, 0) is 20.9 Å². The lowest BCUT2D eigenvalue weighted by Gasteiger charge is -2.24. The van der Waals surface area contributed by atoms with Crippen LogP contribution in [0.15, 0.2) is 96.7 Å². The largest absolute Gasteiger partial charge is 0.507 e. The van der Waals surface area contributed by atoms with E-state index in [2.05, 4.69) is 4.98 Å². The number of Topliss-reactive ketones (excluding diaryl/α,β-unsaturated/α-hetero) is 1. The lowest BCUT2D eigenvalue weighted by molar-refractivity contribution is -0.140. The Morgan fingerprint density at radius 3 is 2.32 bits per heavy atom. The van der Waals surface area contributed by atoms with Crippen LogP contribution in [0.4, 0.5) is 0 Å². The summed E-state index contributed by atoms with van der Waals surface area (Å²) < 4.78 is 5.03. The van der Waals surface area contributed by atoms with Crippen LogP contribution < -0.4 is 0 Å². The predicted molar refractivity (Wildman–Crippen MR) is 138 cm³/mol. The van der Waals surface area contributed by atoms with E-state index in [1.54, 1.807) is 67.7 Å². The van der Waals surface area contributed by atoms with E-state index in [4.69, 9.17) is 4.74 Å². The summed E-state index contributed by atoms with van der Waals surface area (Å²) in [6.45, 7) is 2.09. The van der Waals surface area contributed by atoms with Crippen LogP contribution in [0.3, 0.4) is 0 Å². The van der Waals surface area contributed by atoms with E-state index in [1.165, 1.54) is 4.90 Å². The minimum Gasteiger partial charge on any atom is -0.507 e. The normalized spacial score (nSPS) is 16.8. The number of fused-ring (bicyclic) bond motifs is 1. The van der Waals surface area contributed by atoms with Crippen molar-refractivity contribution in [1.82, 2.24) is 9.88 Å². The second-order valence-electron chi connectivity index (χ2n) is 8.66. The van der Waals surface area contributed by atoms with Gasteiger partial charge >= 0.3 is 5.97 Å². The molecule has 0 bridgehead atoms. The van der Waals surface area contributed by atoms with Crippen LogP contribution in [0.2, 0.25) is 0 Å². The summed E-state index contributed by atoms with van der Waals surface area (Å²) in [6, 6.07) is 24.1. The number of pyridine rings is 1. The Morgan fingerprint density at radius 1 is 0.919 bits per heavy atom. The quantitative estimate of drug-likeness (QED) is 0.175. The van der Waals surface area contributed by atoms with Crippen LogP contribution in [0.1, 0.15) is 40.1 Å². The standard InChI is InChI=1S/C30H24N2O5/c1-2-37-30(36)21-12-10-19(11-13-21)18-32-26(24-9-5-6-16-31-24)25(28(34)29(32)35)27(33)23-15-14-20-7-3-4-8-22(20)17-23/h3-17,26,33H,2,18H2,1H3/b27-25-. The number of esters is 1. The molecule has 4 aromatic rings. The molecule has 0 radical (unpaired) electrons. The third-order valence-electron chi connectivity index (χ3n) is 6.35. The van der Waals surface area contributed by atoms with Gasteiger partial charge in [0.25, 0.3) is 11.7 Å². The van der Waals surface area contributed by atoms with Crippen molar-refractivity contribution in [3.63, 3.8) is 0 Å². The van der Waals surface area contributed by atoms with Crippen molar-refractivity contribution in [3.8, 4) is 0 Å². The molecule has 1 aliphatic heterocycles. The third-order valence-corrected chi connectivity index (χ3v) is 6.35. The van der Waals surface area contributed by atoms with Gasteiger partial charge in [0.1, 0.15) is 11.8 Å². The van der Waals surface area contributed by atoms with Gasteiger partial charge < -0.3 is 14.7 Å². The summed E-state index contributed by atoms with van der Waals surface area (Å²) in [5.74, 6) is -2.19. The minimum absolute atomic E-state index is 0.0119. The zero-order chi connectivity index (χ0) is 25.9. The zero-order valence-corrected chi connectivity index (χ0v) is 20.1. The summed E-state index contributed by atoms with van der Waals surface area (Å²) in [6.07, 6.45) is 1.58. The van der Waals surface area contributed by atoms with Gasteiger partial charge in [-0.25, -0.2) is 4.79 Å². The molecule has 1 amide bonds. The first-order chi connectivity index (χ1) is 18.0. The number of aromatic nitrogens is 1. The van der Waals surface area contributed by atoms with Crippen molar-refractivity contribution < 1.29 is 24.2 Å². The van der Waals surface area contributed by atoms with Crippen molar-refractivity contribution in [2.75, 3.05) is 6.61 Å². The highest BCUT2D eigenvalue weighted by Gasteiger charge is 2.46. The van der Waals surface area contributed by atoms with E-state index < -0.39 is 23.7 Å². The topological polar surface area (TPSA) is 96.8 Å². The number of carbonyl (C=O) groups excluding carboxylic acids is 3. The maximum absolute atomic E-state index is 13.3. The molecule has 1 atom stereocenters. The van der Waals surface area contributed by atoms with E-state index >= 15 is 0 Å². The Hall–Kier alpha value is -4.78. The predicted octanol–water partition coefficient (Wildman–Crippen LogP) is 5.03. The first-order valence-corrected chi connectivity index (χ1v) is 11.9. The number of aliphatic hydroxyl groups is 1. The molecule has 0 spiro atoms. The second kappa shape index (κ2) is 10.1. The second-order valence-corrected chi connectivity index (χ2v) is 8.66. The van der Waals surface area contributed by atoms with Gasteiger partial charge in [0.15, 0.2) is 0 Å². The average molecular weight is 493 g/mol. The van der Waals surface area contributed by atoms with Crippen molar-refractivity contribution in [1.29, 1.82) is 0 Å². The Bertz CT molecular complexity index is 1530. The smallest absolute Gasteiger partial charge is 0.338 e. The van der Waals surface area contributed by atoms with Crippen molar-refractivity contribution in [3.05, 3.63) is 119 Å². The molecule has 2 heterocycles. The maximum Gasteiger partial charge on any atom is 0.338 e. The molecule has 1 saturated heterocycles. The molecule has 7 heteroatoms. The highest BCUT2D eigenvalue weighted by Crippen LogP contribution is 2.39. The van der Waals surface area contributed by atoms with Crippen molar-refractivity contribution in [2.45, 2.75) is 19.5 Å². The fourth-order valence-electron chi connectivity index (χ4n) is 4.54. The van der Waals surface area contributed by atoms with Gasteiger partial charge in [-0.1, -0.05) is 54.6 Å². The van der Waals surface area contributed by atoms with Gasteiger partial charge in [-0.3, -0.25) is 14.6 Å². The highest BCUT2D eigenvalue weighted by molar-refractivity contribution is 6.46. The maximum atomic E-state index is 13.3. The zero-order valence-electron chi connectivity index (χ0n) is 20.1. The molecule has 1 aromatic heterocycles. The van der Waals surface area contributed by atoms with Gasteiger partial charge in [0.2, 0.25) is 0 Å². The van der Waals surface area contributed by atoms with Crippen molar-refractivity contribution >= 4 is 34.2 Å². The molecular formula is C30H24N2O5. The van der Waals surface area contributed by atoms with E-state index in [0.717, 1.165) is 10.8 Å². The van der Waals surface area contributed by atoms with Crippen LogP contribution >= 0.6 is 0 Å². The first-order valence-electron chi connectivity index (χ1n) is 11.9. The lowest BCUT2D eigenvalue weighted by Crippen LogP contribution is -2.29. The van der Waals surface area contributed by atoms with Crippen molar-refractivity contribution in [2.24, 2.45) is 0 Å². The Labute approximate surface area is 213 Å². The molecule has 3 aromatic carbocycles. The molecule has 0 saturated carbocycles. The molecule has 0 aliphatic carbocycles. The highest BCUT2D eigenvalue weighted by atomic mass is 16.5. The minimum atomic E-state index is -0.877. The fourth-order valence-corrected chi connectivity index (χ4v) is 4.54. The van der Waals surface area contributed by atoms with Gasteiger partial charge in [-0.15, -0.1) is 0 Å². The molecule has 37 heavy (non-hydrogen) atoms. The number of carbonyl (C=O) groups is 3. The number of hydrogen-bond donors (Lipinski definition) is 1. The molecule has 7 nitrogen and oxygen atoms in total. The van der Waals surface area contributed by atoms with Gasteiger partial charge in [0.05, 0.1) is 23.4 Å². The number of hydrogen-bond acceptors (Lipinski definition) is 6. The number of ether oxygens (including phenoxy) is 1. The fraction of sp³-hybridized carbons (Fsp3) is 0.133. The van der Waals surface area contributed by atoms with Gasteiger partial charge in [-0.05, 0) is 53.6 Å². The summed E-state index contributed by atoms with van der Waals surface area (Å²) in [7, 11) is 0. The van der Waals surface area contributed by atoms with Crippen LogP contribution in [-0.4, -0.2) is 39.3 Å². The number of nitrogens with zero attached hydrogens (tertiary/aromatic N) is 2. The average Bonchev–Trinajstić information content (AvgIpc) is 3.18. The Morgan fingerprint density at radius 2 is 1.62 bits per heavy atom. The van der Waals surface area contributed by atoms with E-state index in [1.807, 2.05) is 30.3 Å². The molecule has 184 valence electrons. The molecule has 1 unspecified atom stereocenters. The Balaban J connectivity index is 1.56. The summed E-state index contributed by atoms with van der Waals surface area (Å²) in [5.41, 5.74) is 2.00. The lowest BCUT2D eigenvalue weighted by atomic mass is 9.97. The number of ketones is 1. The van der Waals surface area contributed by atoms with E-state index in [-0.39, 0.29) is 24.5 Å². The van der Waals surface area contributed by atoms with Gasteiger partial charge in [-0.2, -0.15) is 0 Å². The monoisotopic (exact) mass is 492 g/mol. The third kappa shape index (κ3) is 4.59. The molecule has 5 rings (SSSR count). The van der Waals surface area contributed by atoms with Crippen LogP contribution in [0.25, 0.3) is 16.5 Å². The number of benzene rings is 3. The van der Waals surface area contributed by atoms with Crippen LogP contribution in [0.5, 0.6) is 0 Å². The molecule has 1 N–H and O–H groups in total. The summed E-state index contributed by atoms with van der Waals surface area (Å²) >= 11 is 0. The van der Waals surface area contributed by atoms with Crippen LogP contribution in [0, 0.1) is 0 Å². The van der Waals surface area contributed by atoms with E-state index in [9.17, 15) is 19.5 Å². The number of amides is 1. The molecular weight excluding hydrogens is 468 g/mol. The number of likely N-dealkylation sites (tertiary alicyclic amines) is 1. The summed E-state index contributed by atoms with van der Waals surface area (Å²) in [5, 5.41) is 13.2. The number of rotatable bonds is 6. The van der Waals surface area contributed by atoms with E-state index in [0.29, 0.717) is 22.4 Å².